The van der Waals surface area contributed by atoms with Crippen LogP contribution in [0.25, 0.3) is 6.08 Å². The first kappa shape index (κ1) is 21.6. The van der Waals surface area contributed by atoms with Crippen LogP contribution in [0, 0.1) is 0 Å². The molecule has 0 bridgehead atoms. The SMILES string of the molecule is COc1ccc(/C=C2\Oc3c(ccc4c3[C@@H](c3ccccc3OC)CC(=O)O4)C2=O)cc1OC. The number of esters is 1. The summed E-state index contributed by atoms with van der Waals surface area (Å²) in [5, 5.41) is 0. The number of carbonyl (C=O) groups excluding carboxylic acids is 2. The molecule has 172 valence electrons. The van der Waals surface area contributed by atoms with Gasteiger partial charge in [0, 0.05) is 17.0 Å². The van der Waals surface area contributed by atoms with E-state index < -0.39 is 0 Å². The molecule has 3 aromatic carbocycles. The number of carbonyl (C=O) groups is 2. The van der Waals surface area contributed by atoms with Crippen LogP contribution in [0.1, 0.15) is 39.4 Å². The highest BCUT2D eigenvalue weighted by Crippen LogP contribution is 2.50. The molecule has 34 heavy (non-hydrogen) atoms. The van der Waals surface area contributed by atoms with E-state index in [2.05, 4.69) is 0 Å². The lowest BCUT2D eigenvalue weighted by Crippen LogP contribution is -2.22. The standard InChI is InChI=1S/C27H22O7/c1-30-19-7-5-4-6-16(19)18-14-24(28)33-21-11-9-17-26(29)23(34-27(17)25(18)21)13-15-8-10-20(31-2)22(12-15)32-3/h4-13,18H,14H2,1-3H3/b23-13-/t18-/m1/s1. The number of ketones is 1. The molecule has 0 aromatic heterocycles. The number of hydrogen-bond donors (Lipinski definition) is 0. The van der Waals surface area contributed by atoms with Gasteiger partial charge in [0.05, 0.1) is 33.3 Å². The summed E-state index contributed by atoms with van der Waals surface area (Å²) in [6.07, 6.45) is 1.76. The van der Waals surface area contributed by atoms with E-state index in [0.29, 0.717) is 39.9 Å². The second-order valence-electron chi connectivity index (χ2n) is 7.88. The van der Waals surface area contributed by atoms with Gasteiger partial charge in [-0.2, -0.15) is 0 Å². The van der Waals surface area contributed by atoms with Gasteiger partial charge in [0.25, 0.3) is 0 Å². The summed E-state index contributed by atoms with van der Waals surface area (Å²) < 4.78 is 27.8. The summed E-state index contributed by atoms with van der Waals surface area (Å²) >= 11 is 0. The van der Waals surface area contributed by atoms with E-state index in [1.165, 1.54) is 0 Å². The van der Waals surface area contributed by atoms with Crippen molar-refractivity contribution in [1.29, 1.82) is 0 Å². The molecule has 3 aromatic rings. The van der Waals surface area contributed by atoms with E-state index in [1.807, 2.05) is 30.3 Å². The number of methoxy groups -OCH3 is 3. The minimum absolute atomic E-state index is 0.107. The van der Waals surface area contributed by atoms with Crippen molar-refractivity contribution < 1.29 is 33.3 Å². The van der Waals surface area contributed by atoms with Crippen molar-refractivity contribution >= 4 is 17.8 Å². The van der Waals surface area contributed by atoms with Gasteiger partial charge in [-0.15, -0.1) is 0 Å². The molecule has 0 aliphatic carbocycles. The molecule has 0 amide bonds. The number of fused-ring (bicyclic) bond motifs is 3. The molecule has 0 saturated heterocycles. The van der Waals surface area contributed by atoms with Gasteiger partial charge in [0.1, 0.15) is 17.2 Å². The zero-order valence-corrected chi connectivity index (χ0v) is 18.9. The van der Waals surface area contributed by atoms with Gasteiger partial charge in [-0.25, -0.2) is 0 Å². The second kappa shape index (κ2) is 8.59. The minimum Gasteiger partial charge on any atom is -0.496 e. The number of ether oxygens (including phenoxy) is 5. The normalized spacial score (nSPS) is 17.5. The highest BCUT2D eigenvalue weighted by Gasteiger charge is 2.39. The zero-order chi connectivity index (χ0) is 23.8. The van der Waals surface area contributed by atoms with Gasteiger partial charge in [0.15, 0.2) is 17.3 Å². The number of hydrogen-bond acceptors (Lipinski definition) is 7. The van der Waals surface area contributed by atoms with Crippen molar-refractivity contribution in [2.24, 2.45) is 0 Å². The van der Waals surface area contributed by atoms with Crippen LogP contribution in [0.3, 0.4) is 0 Å². The van der Waals surface area contributed by atoms with Crippen molar-refractivity contribution in [1.82, 2.24) is 0 Å². The van der Waals surface area contributed by atoms with Gasteiger partial charge >= 0.3 is 5.97 Å². The van der Waals surface area contributed by atoms with Gasteiger partial charge in [0.2, 0.25) is 5.78 Å². The van der Waals surface area contributed by atoms with Crippen LogP contribution in [0.15, 0.2) is 60.4 Å². The maximum Gasteiger partial charge on any atom is 0.312 e. The van der Waals surface area contributed by atoms with E-state index in [0.717, 1.165) is 11.1 Å². The third kappa shape index (κ3) is 3.55. The summed E-state index contributed by atoms with van der Waals surface area (Å²) in [5.41, 5.74) is 2.62. The maximum atomic E-state index is 13.2. The minimum atomic E-state index is -0.379. The van der Waals surface area contributed by atoms with Crippen LogP contribution in [-0.4, -0.2) is 33.1 Å². The Morgan fingerprint density at radius 2 is 1.62 bits per heavy atom. The Morgan fingerprint density at radius 3 is 2.38 bits per heavy atom. The number of allylic oxidation sites excluding steroid dienone is 1. The Kier molecular flexibility index (Phi) is 5.45. The smallest absolute Gasteiger partial charge is 0.312 e. The van der Waals surface area contributed by atoms with Crippen molar-refractivity contribution in [3.8, 4) is 28.7 Å². The third-order valence-electron chi connectivity index (χ3n) is 6.00. The molecular weight excluding hydrogens is 436 g/mol. The fourth-order valence-corrected chi connectivity index (χ4v) is 4.42. The molecule has 0 saturated carbocycles. The molecule has 0 fully saturated rings. The van der Waals surface area contributed by atoms with E-state index in [-0.39, 0.29) is 29.9 Å². The molecule has 1 atom stereocenters. The molecule has 0 spiro atoms. The van der Waals surface area contributed by atoms with Crippen LogP contribution < -0.4 is 23.7 Å². The van der Waals surface area contributed by atoms with Crippen molar-refractivity contribution in [3.05, 3.63) is 82.6 Å². The quantitative estimate of drug-likeness (QED) is 0.310. The number of benzene rings is 3. The Balaban J connectivity index is 1.59. The van der Waals surface area contributed by atoms with Gasteiger partial charge in [-0.05, 0) is 42.0 Å². The van der Waals surface area contributed by atoms with Crippen LogP contribution in [0.5, 0.6) is 28.7 Å². The Morgan fingerprint density at radius 1 is 0.853 bits per heavy atom. The summed E-state index contributed by atoms with van der Waals surface area (Å²) in [6.45, 7) is 0. The first-order chi connectivity index (χ1) is 16.5. The van der Waals surface area contributed by atoms with E-state index in [4.69, 9.17) is 23.7 Å². The fraction of sp³-hybridized carbons (Fsp3) is 0.185. The van der Waals surface area contributed by atoms with E-state index >= 15 is 0 Å². The molecule has 2 aliphatic heterocycles. The molecule has 5 rings (SSSR count). The highest BCUT2D eigenvalue weighted by molar-refractivity contribution is 6.15. The Bertz CT molecular complexity index is 1340. The average Bonchev–Trinajstić information content (AvgIpc) is 3.18. The van der Waals surface area contributed by atoms with Gasteiger partial charge in [-0.3, -0.25) is 9.59 Å². The zero-order valence-electron chi connectivity index (χ0n) is 18.9. The molecule has 0 radical (unpaired) electrons. The molecule has 0 unspecified atom stereocenters. The molecule has 2 heterocycles. The lowest BCUT2D eigenvalue weighted by Gasteiger charge is -2.27. The van der Waals surface area contributed by atoms with Gasteiger partial charge < -0.3 is 23.7 Å². The largest absolute Gasteiger partial charge is 0.496 e. The fourth-order valence-electron chi connectivity index (χ4n) is 4.42. The van der Waals surface area contributed by atoms with Crippen molar-refractivity contribution in [2.45, 2.75) is 12.3 Å². The van der Waals surface area contributed by atoms with E-state index in [1.54, 1.807) is 51.7 Å². The third-order valence-corrected chi connectivity index (χ3v) is 6.00. The first-order valence-corrected chi connectivity index (χ1v) is 10.7. The van der Waals surface area contributed by atoms with Crippen molar-refractivity contribution in [2.75, 3.05) is 21.3 Å². The van der Waals surface area contributed by atoms with Gasteiger partial charge in [-0.1, -0.05) is 24.3 Å². The number of para-hydroxylation sites is 1. The van der Waals surface area contributed by atoms with Crippen LogP contribution >= 0.6 is 0 Å². The predicted molar refractivity (Wildman–Crippen MR) is 124 cm³/mol. The van der Waals surface area contributed by atoms with Crippen LogP contribution in [0.4, 0.5) is 0 Å². The number of Topliss-reactive ketones (excluding diaryl/α,β-unsaturated/α-hetero) is 1. The highest BCUT2D eigenvalue weighted by atomic mass is 16.5. The second-order valence-corrected chi connectivity index (χ2v) is 7.88. The molecule has 2 aliphatic rings. The lowest BCUT2D eigenvalue weighted by molar-refractivity contribution is -0.135. The summed E-state index contributed by atoms with van der Waals surface area (Å²) in [5.74, 6) is 1.75. The van der Waals surface area contributed by atoms with Crippen LogP contribution in [0.2, 0.25) is 0 Å². The topological polar surface area (TPSA) is 80.3 Å². The maximum absolute atomic E-state index is 13.2. The summed E-state index contributed by atoms with van der Waals surface area (Å²) in [7, 11) is 4.69. The Hall–Kier alpha value is -4.26. The van der Waals surface area contributed by atoms with Crippen molar-refractivity contribution in [3.63, 3.8) is 0 Å². The lowest BCUT2D eigenvalue weighted by atomic mass is 9.84. The summed E-state index contributed by atoms with van der Waals surface area (Å²) in [6, 6.07) is 16.1. The molecule has 0 N–H and O–H groups in total. The monoisotopic (exact) mass is 458 g/mol. The summed E-state index contributed by atoms with van der Waals surface area (Å²) in [4.78, 5) is 25.6. The molecular formula is C27H22O7. The first-order valence-electron chi connectivity index (χ1n) is 10.7. The van der Waals surface area contributed by atoms with E-state index in [9.17, 15) is 9.59 Å². The molecule has 7 heteroatoms. The molecule has 7 nitrogen and oxygen atoms in total. The van der Waals surface area contributed by atoms with Crippen LogP contribution in [-0.2, 0) is 4.79 Å². The number of rotatable bonds is 5. The average molecular weight is 458 g/mol. The Labute approximate surface area is 196 Å². The predicted octanol–water partition coefficient (Wildman–Crippen LogP) is 4.77.